The van der Waals surface area contributed by atoms with Crippen LogP contribution in [-0.2, 0) is 6.42 Å². The van der Waals surface area contributed by atoms with Gasteiger partial charge in [-0.2, -0.15) is 5.26 Å². The number of anilines is 2. The van der Waals surface area contributed by atoms with Gasteiger partial charge < -0.3 is 15.2 Å². The summed E-state index contributed by atoms with van der Waals surface area (Å²) in [5, 5.41) is 24.4. The average molecular weight is 376 g/mol. The molecule has 0 amide bonds. The van der Waals surface area contributed by atoms with Crippen LogP contribution in [0.5, 0.6) is 0 Å². The van der Waals surface area contributed by atoms with Gasteiger partial charge in [0.2, 0.25) is 5.82 Å². The number of aromatic amines is 1. The average Bonchev–Trinajstić information content (AvgIpc) is 3.28. The molecule has 8 nitrogen and oxygen atoms in total. The van der Waals surface area contributed by atoms with Crippen molar-refractivity contribution >= 4 is 28.1 Å². The number of likely N-dealkylation sites (tertiary alicyclic amines) is 1. The monoisotopic (exact) mass is 376 g/mol. The van der Waals surface area contributed by atoms with E-state index in [-0.39, 0.29) is 17.1 Å². The van der Waals surface area contributed by atoms with Crippen LogP contribution in [0.1, 0.15) is 17.5 Å². The van der Waals surface area contributed by atoms with Crippen LogP contribution in [0.15, 0.2) is 36.7 Å². The van der Waals surface area contributed by atoms with Crippen LogP contribution in [-0.4, -0.2) is 39.9 Å². The highest BCUT2D eigenvalue weighted by Crippen LogP contribution is 2.30. The number of aromatic nitrogens is 2. The smallest absolute Gasteiger partial charge is 0.313 e. The van der Waals surface area contributed by atoms with E-state index in [0.717, 1.165) is 36.1 Å². The fourth-order valence-electron chi connectivity index (χ4n) is 3.82. The van der Waals surface area contributed by atoms with Crippen LogP contribution in [0.2, 0.25) is 0 Å². The highest BCUT2D eigenvalue weighted by Gasteiger charge is 2.21. The third-order valence-electron chi connectivity index (χ3n) is 5.22. The zero-order valence-corrected chi connectivity index (χ0v) is 15.5. The normalized spacial score (nSPS) is 16.9. The maximum Gasteiger partial charge on any atom is 0.313 e. The highest BCUT2D eigenvalue weighted by atomic mass is 16.6. The SMILES string of the molecule is CN1CCC(Cc2c[nH]c3ccc(Nc4ncc(C#N)cc4[N+](=O)[O-])cc23)C1. The van der Waals surface area contributed by atoms with Crippen molar-refractivity contribution in [1.82, 2.24) is 14.9 Å². The van der Waals surface area contributed by atoms with Crippen molar-refractivity contribution < 1.29 is 4.92 Å². The molecule has 0 aliphatic carbocycles. The summed E-state index contributed by atoms with van der Waals surface area (Å²) in [5.74, 6) is 0.764. The molecule has 3 heterocycles. The lowest BCUT2D eigenvalue weighted by Gasteiger charge is -2.10. The number of nitriles is 1. The van der Waals surface area contributed by atoms with Crippen LogP contribution in [0.4, 0.5) is 17.2 Å². The molecule has 2 N–H and O–H groups in total. The van der Waals surface area contributed by atoms with E-state index in [4.69, 9.17) is 5.26 Å². The van der Waals surface area contributed by atoms with Crippen molar-refractivity contribution in [1.29, 1.82) is 5.26 Å². The molecule has 1 unspecified atom stereocenters. The number of hydrogen-bond acceptors (Lipinski definition) is 6. The summed E-state index contributed by atoms with van der Waals surface area (Å²) in [6, 6.07) is 8.91. The van der Waals surface area contributed by atoms with E-state index in [0.29, 0.717) is 5.92 Å². The summed E-state index contributed by atoms with van der Waals surface area (Å²) in [6.07, 6.45) is 5.58. The largest absolute Gasteiger partial charge is 0.361 e. The Kier molecular flexibility index (Phi) is 4.67. The predicted molar refractivity (Wildman–Crippen MR) is 106 cm³/mol. The Labute approximate surface area is 162 Å². The molecule has 0 saturated carbocycles. The van der Waals surface area contributed by atoms with Gasteiger partial charge in [-0.15, -0.1) is 0 Å². The van der Waals surface area contributed by atoms with Gasteiger partial charge in [0.05, 0.1) is 10.5 Å². The van der Waals surface area contributed by atoms with E-state index in [2.05, 4.69) is 33.4 Å². The Morgan fingerprint density at radius 2 is 2.32 bits per heavy atom. The van der Waals surface area contributed by atoms with E-state index < -0.39 is 4.92 Å². The molecule has 1 aliphatic rings. The van der Waals surface area contributed by atoms with E-state index in [1.165, 1.54) is 24.2 Å². The van der Waals surface area contributed by atoms with Crippen LogP contribution < -0.4 is 5.32 Å². The molecule has 0 bridgehead atoms. The van der Waals surface area contributed by atoms with Crippen molar-refractivity contribution in [3.63, 3.8) is 0 Å². The molecular formula is C20H20N6O2. The van der Waals surface area contributed by atoms with Crippen LogP contribution in [0, 0.1) is 27.4 Å². The number of benzene rings is 1. The summed E-state index contributed by atoms with van der Waals surface area (Å²) >= 11 is 0. The second-order valence-electron chi connectivity index (χ2n) is 7.28. The van der Waals surface area contributed by atoms with Crippen molar-refractivity contribution in [3.05, 3.63) is 57.9 Å². The lowest BCUT2D eigenvalue weighted by atomic mass is 9.98. The van der Waals surface area contributed by atoms with Crippen LogP contribution in [0.25, 0.3) is 10.9 Å². The third kappa shape index (κ3) is 3.52. The Morgan fingerprint density at radius 3 is 3.04 bits per heavy atom. The molecule has 1 saturated heterocycles. The number of nitro groups is 1. The quantitative estimate of drug-likeness (QED) is 0.520. The molecule has 1 aliphatic heterocycles. The molecule has 0 spiro atoms. The number of nitrogens with zero attached hydrogens (tertiary/aromatic N) is 4. The summed E-state index contributed by atoms with van der Waals surface area (Å²) in [6.45, 7) is 2.24. The van der Waals surface area contributed by atoms with Gasteiger partial charge in [-0.3, -0.25) is 10.1 Å². The lowest BCUT2D eigenvalue weighted by Crippen LogP contribution is -2.14. The van der Waals surface area contributed by atoms with Crippen molar-refractivity contribution in [2.75, 3.05) is 25.5 Å². The summed E-state index contributed by atoms with van der Waals surface area (Å²) in [7, 11) is 2.15. The Bertz CT molecular complexity index is 1080. The topological polar surface area (TPSA) is 111 Å². The molecule has 142 valence electrons. The van der Waals surface area contributed by atoms with E-state index >= 15 is 0 Å². The first-order valence-electron chi connectivity index (χ1n) is 9.13. The van der Waals surface area contributed by atoms with Gasteiger partial charge >= 0.3 is 5.69 Å². The van der Waals surface area contributed by atoms with Gasteiger partial charge in [-0.25, -0.2) is 4.98 Å². The molecule has 1 fully saturated rings. The maximum absolute atomic E-state index is 11.3. The zero-order valence-electron chi connectivity index (χ0n) is 15.5. The van der Waals surface area contributed by atoms with Gasteiger partial charge in [-0.05, 0) is 56.1 Å². The first-order chi connectivity index (χ1) is 13.5. The molecule has 3 aromatic rings. The maximum atomic E-state index is 11.3. The first kappa shape index (κ1) is 17.9. The van der Waals surface area contributed by atoms with Gasteiger partial charge in [0.15, 0.2) is 0 Å². The third-order valence-corrected chi connectivity index (χ3v) is 5.22. The van der Waals surface area contributed by atoms with Crippen LogP contribution >= 0.6 is 0 Å². The Hall–Kier alpha value is -3.44. The molecule has 28 heavy (non-hydrogen) atoms. The minimum absolute atomic E-state index is 0.123. The van der Waals surface area contributed by atoms with E-state index in [9.17, 15) is 10.1 Å². The molecule has 2 aromatic heterocycles. The number of H-pyrrole nitrogens is 1. The second-order valence-corrected chi connectivity index (χ2v) is 7.28. The molecule has 4 rings (SSSR count). The van der Waals surface area contributed by atoms with Gasteiger partial charge in [0.1, 0.15) is 6.07 Å². The molecule has 0 radical (unpaired) electrons. The molecular weight excluding hydrogens is 356 g/mol. The van der Waals surface area contributed by atoms with Crippen LogP contribution in [0.3, 0.4) is 0 Å². The van der Waals surface area contributed by atoms with Crippen molar-refractivity contribution in [3.8, 4) is 6.07 Å². The van der Waals surface area contributed by atoms with Gasteiger partial charge in [-0.1, -0.05) is 0 Å². The summed E-state index contributed by atoms with van der Waals surface area (Å²) < 4.78 is 0. The van der Waals surface area contributed by atoms with Crippen molar-refractivity contribution in [2.24, 2.45) is 5.92 Å². The number of fused-ring (bicyclic) bond motifs is 1. The number of pyridine rings is 1. The van der Waals surface area contributed by atoms with Gasteiger partial charge in [0, 0.05) is 41.6 Å². The minimum atomic E-state index is -0.535. The Morgan fingerprint density at radius 1 is 1.46 bits per heavy atom. The lowest BCUT2D eigenvalue weighted by molar-refractivity contribution is -0.384. The zero-order chi connectivity index (χ0) is 19.7. The standard InChI is InChI=1S/C20H20N6O2/c1-25-5-4-13(12-25)6-15-11-22-18-3-2-16(8-17(15)18)24-20-19(26(27)28)7-14(9-21)10-23-20/h2-3,7-8,10-11,13,22H,4-6,12H2,1H3,(H,23,24). The van der Waals surface area contributed by atoms with E-state index in [1.807, 2.05) is 24.3 Å². The fraction of sp³-hybridized carbons (Fsp3) is 0.300. The number of rotatable bonds is 5. The summed E-state index contributed by atoms with van der Waals surface area (Å²) in [5.41, 5.74) is 2.94. The predicted octanol–water partition coefficient (Wildman–Crippen LogP) is 3.58. The summed E-state index contributed by atoms with van der Waals surface area (Å²) in [4.78, 5) is 20.5. The number of nitrogens with one attached hydrogen (secondary N) is 2. The second kappa shape index (κ2) is 7.29. The highest BCUT2D eigenvalue weighted by molar-refractivity contribution is 5.87. The van der Waals surface area contributed by atoms with Crippen molar-refractivity contribution in [2.45, 2.75) is 12.8 Å². The van der Waals surface area contributed by atoms with E-state index in [1.54, 1.807) is 0 Å². The molecule has 1 aromatic carbocycles. The molecule has 8 heteroatoms. The Balaban J connectivity index is 1.62. The number of hydrogen-bond donors (Lipinski definition) is 2. The minimum Gasteiger partial charge on any atom is -0.361 e. The first-order valence-corrected chi connectivity index (χ1v) is 9.13. The van der Waals surface area contributed by atoms with Gasteiger partial charge in [0.25, 0.3) is 0 Å². The fourth-order valence-corrected chi connectivity index (χ4v) is 3.82. The molecule has 1 atom stereocenters.